The van der Waals surface area contributed by atoms with Crippen molar-refractivity contribution in [1.82, 2.24) is 10.2 Å². The molecule has 4 unspecified atom stereocenters. The zero-order chi connectivity index (χ0) is 12.3. The summed E-state index contributed by atoms with van der Waals surface area (Å²) in [7, 11) is 0. The van der Waals surface area contributed by atoms with Gasteiger partial charge in [-0.25, -0.2) is 0 Å². The van der Waals surface area contributed by atoms with Crippen LogP contribution in [0.25, 0.3) is 0 Å². The van der Waals surface area contributed by atoms with Gasteiger partial charge >= 0.3 is 0 Å². The van der Waals surface area contributed by atoms with Crippen LogP contribution in [0.1, 0.15) is 46.5 Å². The van der Waals surface area contributed by atoms with Crippen molar-refractivity contribution in [2.45, 2.75) is 70.7 Å². The van der Waals surface area contributed by atoms with E-state index in [9.17, 15) is 0 Å². The molecule has 1 N–H and O–H groups in total. The number of rotatable bonds is 4. The quantitative estimate of drug-likeness (QED) is 0.813. The molecule has 0 aromatic carbocycles. The largest absolute Gasteiger partial charge is 0.377 e. The fourth-order valence-electron chi connectivity index (χ4n) is 3.24. The normalized spacial score (nSPS) is 37.2. The smallest absolute Gasteiger partial charge is 0.0728 e. The standard InChI is InChI=1S/C14H28N2O/c1-4-12-10-16(13(5-2)9-15-12)11(3)14-7-6-8-17-14/h11-15H,4-10H2,1-3H3. The summed E-state index contributed by atoms with van der Waals surface area (Å²) in [5.41, 5.74) is 0. The van der Waals surface area contributed by atoms with Gasteiger partial charge in [-0.3, -0.25) is 4.90 Å². The first kappa shape index (κ1) is 13.3. The third-order valence-corrected chi connectivity index (χ3v) is 4.53. The van der Waals surface area contributed by atoms with Gasteiger partial charge in [0, 0.05) is 37.8 Å². The van der Waals surface area contributed by atoms with Crippen molar-refractivity contribution < 1.29 is 4.74 Å². The molecule has 4 atom stereocenters. The molecule has 0 amide bonds. The van der Waals surface area contributed by atoms with E-state index in [0.29, 0.717) is 24.2 Å². The first-order valence-corrected chi connectivity index (χ1v) is 7.37. The summed E-state index contributed by atoms with van der Waals surface area (Å²) in [4.78, 5) is 2.70. The molecule has 17 heavy (non-hydrogen) atoms. The highest BCUT2D eigenvalue weighted by atomic mass is 16.5. The fourth-order valence-corrected chi connectivity index (χ4v) is 3.24. The zero-order valence-electron chi connectivity index (χ0n) is 11.6. The summed E-state index contributed by atoms with van der Waals surface area (Å²) in [5, 5.41) is 3.66. The summed E-state index contributed by atoms with van der Waals surface area (Å²) >= 11 is 0. The molecule has 0 bridgehead atoms. The van der Waals surface area contributed by atoms with Gasteiger partial charge in [-0.15, -0.1) is 0 Å². The van der Waals surface area contributed by atoms with E-state index in [1.807, 2.05) is 0 Å². The van der Waals surface area contributed by atoms with Crippen molar-refractivity contribution >= 4 is 0 Å². The van der Waals surface area contributed by atoms with Crippen LogP contribution in [-0.4, -0.2) is 48.8 Å². The molecule has 0 radical (unpaired) electrons. The SMILES string of the molecule is CCC1CN(C(C)C2CCCO2)C(CC)CN1. The summed E-state index contributed by atoms with van der Waals surface area (Å²) in [6.45, 7) is 10.2. The molecule has 2 aliphatic heterocycles. The minimum Gasteiger partial charge on any atom is -0.377 e. The molecular weight excluding hydrogens is 212 g/mol. The van der Waals surface area contributed by atoms with Gasteiger partial charge in [0.2, 0.25) is 0 Å². The zero-order valence-corrected chi connectivity index (χ0v) is 11.6. The van der Waals surface area contributed by atoms with Gasteiger partial charge in [0.05, 0.1) is 6.10 Å². The van der Waals surface area contributed by atoms with E-state index in [0.717, 1.165) is 13.2 Å². The van der Waals surface area contributed by atoms with Gasteiger partial charge in [0.15, 0.2) is 0 Å². The van der Waals surface area contributed by atoms with Crippen LogP contribution < -0.4 is 5.32 Å². The van der Waals surface area contributed by atoms with E-state index in [4.69, 9.17) is 4.74 Å². The Labute approximate surface area is 106 Å². The number of nitrogens with zero attached hydrogens (tertiary/aromatic N) is 1. The molecular formula is C14H28N2O. The first-order chi connectivity index (χ1) is 8.26. The van der Waals surface area contributed by atoms with Gasteiger partial charge in [0.25, 0.3) is 0 Å². The van der Waals surface area contributed by atoms with Crippen LogP contribution in [0.15, 0.2) is 0 Å². The second-order valence-corrected chi connectivity index (χ2v) is 5.56. The molecule has 3 heteroatoms. The van der Waals surface area contributed by atoms with Crippen LogP contribution >= 0.6 is 0 Å². The molecule has 2 saturated heterocycles. The van der Waals surface area contributed by atoms with Crippen LogP contribution in [0.2, 0.25) is 0 Å². The third kappa shape index (κ3) is 3.01. The predicted molar refractivity (Wildman–Crippen MR) is 71.3 cm³/mol. The topological polar surface area (TPSA) is 24.5 Å². The van der Waals surface area contributed by atoms with Crippen molar-refractivity contribution in [3.05, 3.63) is 0 Å². The van der Waals surface area contributed by atoms with E-state index in [-0.39, 0.29) is 0 Å². The molecule has 0 aromatic rings. The van der Waals surface area contributed by atoms with Crippen LogP contribution in [0.4, 0.5) is 0 Å². The van der Waals surface area contributed by atoms with Crippen molar-refractivity contribution in [1.29, 1.82) is 0 Å². The molecule has 0 aliphatic carbocycles. The lowest BCUT2D eigenvalue weighted by molar-refractivity contribution is -0.00552. The summed E-state index contributed by atoms with van der Waals surface area (Å²) in [6.07, 6.45) is 5.43. The molecule has 2 rings (SSSR count). The van der Waals surface area contributed by atoms with E-state index in [1.165, 1.54) is 32.2 Å². The number of ether oxygens (including phenoxy) is 1. The maximum absolute atomic E-state index is 5.87. The monoisotopic (exact) mass is 240 g/mol. The fraction of sp³-hybridized carbons (Fsp3) is 1.00. The average Bonchev–Trinajstić information content (AvgIpc) is 2.91. The predicted octanol–water partition coefficient (Wildman–Crippen LogP) is 2.02. The second kappa shape index (κ2) is 6.17. The van der Waals surface area contributed by atoms with Crippen molar-refractivity contribution in [2.24, 2.45) is 0 Å². The number of piperazine rings is 1. The molecule has 2 fully saturated rings. The minimum absolute atomic E-state index is 0.472. The van der Waals surface area contributed by atoms with E-state index in [1.54, 1.807) is 0 Å². The maximum Gasteiger partial charge on any atom is 0.0728 e. The molecule has 0 aromatic heterocycles. The average molecular weight is 240 g/mol. The highest BCUT2D eigenvalue weighted by Crippen LogP contribution is 2.24. The minimum atomic E-state index is 0.472. The first-order valence-electron chi connectivity index (χ1n) is 7.37. The number of hydrogen-bond acceptors (Lipinski definition) is 3. The Kier molecular flexibility index (Phi) is 4.83. The summed E-state index contributed by atoms with van der Waals surface area (Å²) < 4.78 is 5.87. The lowest BCUT2D eigenvalue weighted by Crippen LogP contribution is -2.60. The Morgan fingerprint density at radius 3 is 2.76 bits per heavy atom. The Morgan fingerprint density at radius 2 is 2.18 bits per heavy atom. The van der Waals surface area contributed by atoms with Gasteiger partial charge < -0.3 is 10.1 Å². The Balaban J connectivity index is 1.98. The van der Waals surface area contributed by atoms with Gasteiger partial charge in [0.1, 0.15) is 0 Å². The van der Waals surface area contributed by atoms with Gasteiger partial charge in [-0.1, -0.05) is 13.8 Å². The van der Waals surface area contributed by atoms with E-state index >= 15 is 0 Å². The van der Waals surface area contributed by atoms with E-state index < -0.39 is 0 Å². The second-order valence-electron chi connectivity index (χ2n) is 5.56. The third-order valence-electron chi connectivity index (χ3n) is 4.53. The van der Waals surface area contributed by atoms with E-state index in [2.05, 4.69) is 31.0 Å². The highest BCUT2D eigenvalue weighted by Gasteiger charge is 2.34. The molecule has 100 valence electrons. The number of hydrogen-bond donors (Lipinski definition) is 1. The van der Waals surface area contributed by atoms with Crippen LogP contribution in [0, 0.1) is 0 Å². The summed E-state index contributed by atoms with van der Waals surface area (Å²) in [5.74, 6) is 0. The molecule has 2 aliphatic rings. The summed E-state index contributed by atoms with van der Waals surface area (Å²) in [6, 6.07) is 1.94. The van der Waals surface area contributed by atoms with Crippen LogP contribution in [0.3, 0.4) is 0 Å². The lowest BCUT2D eigenvalue weighted by Gasteiger charge is -2.44. The molecule has 2 heterocycles. The van der Waals surface area contributed by atoms with Crippen LogP contribution in [0.5, 0.6) is 0 Å². The molecule has 3 nitrogen and oxygen atoms in total. The molecule has 0 saturated carbocycles. The maximum atomic E-state index is 5.87. The van der Waals surface area contributed by atoms with Gasteiger partial charge in [-0.2, -0.15) is 0 Å². The van der Waals surface area contributed by atoms with Crippen molar-refractivity contribution in [3.8, 4) is 0 Å². The highest BCUT2D eigenvalue weighted by molar-refractivity contribution is 4.91. The van der Waals surface area contributed by atoms with Crippen molar-refractivity contribution in [2.75, 3.05) is 19.7 Å². The van der Waals surface area contributed by atoms with Crippen molar-refractivity contribution in [3.63, 3.8) is 0 Å². The van der Waals surface area contributed by atoms with Crippen LogP contribution in [-0.2, 0) is 4.74 Å². The van der Waals surface area contributed by atoms with Gasteiger partial charge in [-0.05, 0) is 32.6 Å². The Hall–Kier alpha value is -0.120. The number of nitrogens with one attached hydrogen (secondary N) is 1. The lowest BCUT2D eigenvalue weighted by atomic mass is 9.99. The Morgan fingerprint density at radius 1 is 1.35 bits per heavy atom. The Bertz CT molecular complexity index is 228. The molecule has 0 spiro atoms.